The molecule has 0 spiro atoms. The van der Waals surface area contributed by atoms with Crippen LogP contribution in [-0.4, -0.2) is 28.7 Å². The van der Waals surface area contributed by atoms with Gasteiger partial charge in [0.25, 0.3) is 0 Å². The van der Waals surface area contributed by atoms with Gasteiger partial charge in [0.15, 0.2) is 0 Å². The van der Waals surface area contributed by atoms with Crippen LogP contribution >= 0.6 is 11.6 Å². The summed E-state index contributed by atoms with van der Waals surface area (Å²) in [7, 11) is 1.84. The summed E-state index contributed by atoms with van der Waals surface area (Å²) in [5.41, 5.74) is 1.28. The van der Waals surface area contributed by atoms with Gasteiger partial charge in [0, 0.05) is 22.7 Å². The number of benzene rings is 2. The Bertz CT molecular complexity index is 847. The van der Waals surface area contributed by atoms with Crippen LogP contribution in [0.3, 0.4) is 0 Å². The molecule has 5 nitrogen and oxygen atoms in total. The Labute approximate surface area is 156 Å². The summed E-state index contributed by atoms with van der Waals surface area (Å²) in [4.78, 5) is 6.26. The van der Waals surface area contributed by atoms with Crippen molar-refractivity contribution < 1.29 is 13.7 Å². The van der Waals surface area contributed by atoms with E-state index in [4.69, 9.17) is 20.9 Å². The third kappa shape index (κ3) is 4.39. The zero-order chi connectivity index (χ0) is 18.5. The van der Waals surface area contributed by atoms with Gasteiger partial charge in [-0.25, -0.2) is 4.39 Å². The van der Waals surface area contributed by atoms with Gasteiger partial charge in [-0.2, -0.15) is 4.98 Å². The smallest absolute Gasteiger partial charge is 0.241 e. The monoisotopic (exact) mass is 375 g/mol. The van der Waals surface area contributed by atoms with E-state index in [2.05, 4.69) is 10.1 Å². The van der Waals surface area contributed by atoms with Crippen molar-refractivity contribution in [1.29, 1.82) is 0 Å². The minimum Gasteiger partial charge on any atom is -0.494 e. The van der Waals surface area contributed by atoms with Gasteiger partial charge < -0.3 is 9.26 Å². The van der Waals surface area contributed by atoms with Gasteiger partial charge in [0.1, 0.15) is 11.6 Å². The average molecular weight is 376 g/mol. The number of rotatable bonds is 7. The Hall–Kier alpha value is -2.44. The Morgan fingerprint density at radius 2 is 1.92 bits per heavy atom. The van der Waals surface area contributed by atoms with E-state index in [0.29, 0.717) is 42.0 Å². The maximum absolute atomic E-state index is 13.9. The summed E-state index contributed by atoms with van der Waals surface area (Å²) >= 11 is 6.07. The summed E-state index contributed by atoms with van der Waals surface area (Å²) in [6.07, 6.45) is 0. The van der Waals surface area contributed by atoms with Crippen LogP contribution in [0.15, 0.2) is 47.0 Å². The molecule has 0 fully saturated rings. The molecule has 3 rings (SSSR count). The Kier molecular flexibility index (Phi) is 5.85. The molecule has 26 heavy (non-hydrogen) atoms. The van der Waals surface area contributed by atoms with Crippen LogP contribution in [0.25, 0.3) is 11.4 Å². The lowest BCUT2D eigenvalue weighted by atomic mass is 10.2. The van der Waals surface area contributed by atoms with Gasteiger partial charge in [-0.15, -0.1) is 0 Å². The largest absolute Gasteiger partial charge is 0.494 e. The van der Waals surface area contributed by atoms with E-state index in [-0.39, 0.29) is 5.82 Å². The molecule has 0 unspecified atom stereocenters. The fraction of sp³-hybridized carbons (Fsp3) is 0.263. The fourth-order valence-corrected chi connectivity index (χ4v) is 2.77. The van der Waals surface area contributed by atoms with Crippen molar-refractivity contribution in [3.8, 4) is 17.1 Å². The van der Waals surface area contributed by atoms with Crippen LogP contribution in [-0.2, 0) is 13.1 Å². The Balaban J connectivity index is 1.66. The molecule has 7 heteroatoms. The molecule has 0 bridgehead atoms. The van der Waals surface area contributed by atoms with Crippen LogP contribution in [0, 0.1) is 5.82 Å². The zero-order valence-electron chi connectivity index (χ0n) is 14.6. The quantitative estimate of drug-likeness (QED) is 0.606. The van der Waals surface area contributed by atoms with Gasteiger partial charge in [-0.3, -0.25) is 4.90 Å². The van der Waals surface area contributed by atoms with Gasteiger partial charge >= 0.3 is 0 Å². The molecule has 0 saturated carbocycles. The van der Waals surface area contributed by atoms with Crippen molar-refractivity contribution in [2.45, 2.75) is 20.0 Å². The van der Waals surface area contributed by atoms with Crippen LogP contribution in [0.2, 0.25) is 5.02 Å². The molecule has 2 aromatic carbocycles. The molecule has 136 valence electrons. The summed E-state index contributed by atoms with van der Waals surface area (Å²) in [6, 6.07) is 12.1. The molecule has 0 atom stereocenters. The van der Waals surface area contributed by atoms with Gasteiger partial charge in [0.05, 0.1) is 13.2 Å². The SMILES string of the molecule is CCOc1ccc(-c2noc(CN(C)Cc3c(F)cccc3Cl)n2)cc1. The van der Waals surface area contributed by atoms with E-state index in [1.165, 1.54) is 6.07 Å². The topological polar surface area (TPSA) is 51.4 Å². The molecular weight excluding hydrogens is 357 g/mol. The average Bonchev–Trinajstić information content (AvgIpc) is 3.08. The first-order valence-electron chi connectivity index (χ1n) is 8.24. The first-order chi connectivity index (χ1) is 12.6. The van der Waals surface area contributed by atoms with Crippen LogP contribution in [0.1, 0.15) is 18.4 Å². The highest BCUT2D eigenvalue weighted by Crippen LogP contribution is 2.22. The second kappa shape index (κ2) is 8.29. The lowest BCUT2D eigenvalue weighted by Gasteiger charge is -2.15. The Morgan fingerprint density at radius 3 is 2.62 bits per heavy atom. The van der Waals surface area contributed by atoms with Gasteiger partial charge in [-0.05, 0) is 50.4 Å². The van der Waals surface area contributed by atoms with Crippen molar-refractivity contribution in [3.63, 3.8) is 0 Å². The molecule has 0 N–H and O–H groups in total. The standard InChI is InChI=1S/C19H19ClFN3O2/c1-3-25-14-9-7-13(8-10-14)19-22-18(26-23-19)12-24(2)11-15-16(20)5-4-6-17(15)21/h4-10H,3,11-12H2,1-2H3. The van der Waals surface area contributed by atoms with E-state index in [1.54, 1.807) is 12.1 Å². The van der Waals surface area contributed by atoms with E-state index in [9.17, 15) is 4.39 Å². The van der Waals surface area contributed by atoms with Crippen LogP contribution in [0.4, 0.5) is 4.39 Å². The molecule has 1 aromatic heterocycles. The summed E-state index contributed by atoms with van der Waals surface area (Å²) < 4.78 is 24.6. The van der Waals surface area contributed by atoms with Crippen molar-refractivity contribution in [3.05, 3.63) is 64.8 Å². The van der Waals surface area contributed by atoms with Crippen LogP contribution < -0.4 is 4.74 Å². The lowest BCUT2D eigenvalue weighted by molar-refractivity contribution is 0.258. The second-order valence-corrected chi connectivity index (χ2v) is 6.25. The van der Waals surface area contributed by atoms with Crippen molar-refractivity contribution in [1.82, 2.24) is 15.0 Å². The van der Waals surface area contributed by atoms with E-state index < -0.39 is 0 Å². The minimum absolute atomic E-state index is 0.329. The number of ether oxygens (including phenoxy) is 1. The maximum Gasteiger partial charge on any atom is 0.241 e. The number of halogens is 2. The summed E-state index contributed by atoms with van der Waals surface area (Å²) in [5.74, 6) is 1.41. The molecule has 0 amide bonds. The zero-order valence-corrected chi connectivity index (χ0v) is 15.3. The molecule has 0 aliphatic rings. The fourth-order valence-electron chi connectivity index (χ4n) is 2.54. The third-order valence-electron chi connectivity index (χ3n) is 3.79. The molecule has 0 aliphatic carbocycles. The molecule has 0 aliphatic heterocycles. The van der Waals surface area contributed by atoms with E-state index >= 15 is 0 Å². The first-order valence-corrected chi connectivity index (χ1v) is 8.62. The number of nitrogens with zero attached hydrogens (tertiary/aromatic N) is 3. The highest BCUT2D eigenvalue weighted by Gasteiger charge is 2.14. The van der Waals surface area contributed by atoms with Gasteiger partial charge in [0.2, 0.25) is 11.7 Å². The van der Waals surface area contributed by atoms with Crippen molar-refractivity contribution in [2.75, 3.05) is 13.7 Å². The van der Waals surface area contributed by atoms with Gasteiger partial charge in [-0.1, -0.05) is 22.8 Å². The lowest BCUT2D eigenvalue weighted by Crippen LogP contribution is -2.18. The minimum atomic E-state index is -0.329. The van der Waals surface area contributed by atoms with Crippen LogP contribution in [0.5, 0.6) is 5.75 Å². The summed E-state index contributed by atoms with van der Waals surface area (Å²) in [6.45, 7) is 3.27. The van der Waals surface area contributed by atoms with E-state index in [1.807, 2.05) is 43.1 Å². The summed E-state index contributed by atoms with van der Waals surface area (Å²) in [5, 5.41) is 4.40. The molecular formula is C19H19ClFN3O2. The van der Waals surface area contributed by atoms with Crippen molar-refractivity contribution >= 4 is 11.6 Å². The highest BCUT2D eigenvalue weighted by atomic mass is 35.5. The normalized spacial score (nSPS) is 11.1. The first kappa shape index (κ1) is 18.4. The maximum atomic E-state index is 13.9. The predicted molar refractivity (Wildman–Crippen MR) is 97.5 cm³/mol. The third-order valence-corrected chi connectivity index (χ3v) is 4.14. The Morgan fingerprint density at radius 1 is 1.15 bits per heavy atom. The highest BCUT2D eigenvalue weighted by molar-refractivity contribution is 6.31. The number of hydrogen-bond acceptors (Lipinski definition) is 5. The molecule has 1 heterocycles. The second-order valence-electron chi connectivity index (χ2n) is 5.84. The van der Waals surface area contributed by atoms with E-state index in [0.717, 1.165) is 11.3 Å². The number of aromatic nitrogens is 2. The van der Waals surface area contributed by atoms with Crippen molar-refractivity contribution in [2.24, 2.45) is 0 Å². The number of hydrogen-bond donors (Lipinski definition) is 0. The molecule has 0 saturated heterocycles. The molecule has 0 radical (unpaired) electrons. The molecule has 3 aromatic rings. The predicted octanol–water partition coefficient (Wildman–Crippen LogP) is 4.56.